The standard InChI is InChI=1S/C17H28N2O5/c1-5-17(6-2)14-18-16(15(21)23-8-4,11-13(20)22-7-3)12-19(14)9-10-24-17/h5-12H2,1-4H3. The molecule has 7 nitrogen and oxygen atoms in total. The molecule has 0 saturated carbocycles. The van der Waals surface area contributed by atoms with Gasteiger partial charge in [-0.3, -0.25) is 4.79 Å². The molecule has 2 aliphatic rings. The lowest BCUT2D eigenvalue weighted by Crippen LogP contribution is -2.55. The molecule has 24 heavy (non-hydrogen) atoms. The molecule has 136 valence electrons. The molecular weight excluding hydrogens is 312 g/mol. The Bertz CT molecular complexity index is 515. The lowest BCUT2D eigenvalue weighted by atomic mass is 9.93. The van der Waals surface area contributed by atoms with Crippen LogP contribution in [-0.2, 0) is 23.8 Å². The largest absolute Gasteiger partial charge is 0.466 e. The van der Waals surface area contributed by atoms with Gasteiger partial charge in [-0.2, -0.15) is 0 Å². The van der Waals surface area contributed by atoms with Crippen molar-refractivity contribution in [3.63, 3.8) is 0 Å². The van der Waals surface area contributed by atoms with E-state index in [0.717, 1.165) is 18.7 Å². The van der Waals surface area contributed by atoms with E-state index >= 15 is 0 Å². The zero-order valence-corrected chi connectivity index (χ0v) is 15.1. The Kier molecular flexibility index (Phi) is 5.85. The second kappa shape index (κ2) is 7.51. The molecular formula is C17H28N2O5. The van der Waals surface area contributed by atoms with Crippen molar-refractivity contribution in [2.75, 3.05) is 32.9 Å². The SMILES string of the molecule is CCOC(=O)CC1(C(=O)OCC)CN2CCOC(CC)(CC)C2=N1. The van der Waals surface area contributed by atoms with Crippen molar-refractivity contribution >= 4 is 17.8 Å². The van der Waals surface area contributed by atoms with Gasteiger partial charge in [-0.15, -0.1) is 0 Å². The zero-order valence-electron chi connectivity index (χ0n) is 15.1. The van der Waals surface area contributed by atoms with Crippen LogP contribution in [0.15, 0.2) is 4.99 Å². The van der Waals surface area contributed by atoms with Crippen molar-refractivity contribution in [3.8, 4) is 0 Å². The topological polar surface area (TPSA) is 77.4 Å². The van der Waals surface area contributed by atoms with Gasteiger partial charge in [0.1, 0.15) is 11.4 Å². The highest BCUT2D eigenvalue weighted by Crippen LogP contribution is 2.37. The maximum absolute atomic E-state index is 12.6. The minimum Gasteiger partial charge on any atom is -0.466 e. The Morgan fingerprint density at radius 2 is 1.83 bits per heavy atom. The molecule has 2 aliphatic heterocycles. The highest BCUT2D eigenvalue weighted by atomic mass is 16.5. The summed E-state index contributed by atoms with van der Waals surface area (Å²) in [6.45, 7) is 9.68. The quantitative estimate of drug-likeness (QED) is 0.654. The fourth-order valence-corrected chi connectivity index (χ4v) is 3.45. The Balaban J connectivity index is 2.39. The monoisotopic (exact) mass is 340 g/mol. The van der Waals surface area contributed by atoms with Gasteiger partial charge in [-0.25, -0.2) is 9.79 Å². The summed E-state index contributed by atoms with van der Waals surface area (Å²) < 4.78 is 16.3. The predicted octanol–water partition coefficient (Wildman–Crippen LogP) is 1.54. The average Bonchev–Trinajstić information content (AvgIpc) is 2.95. The zero-order chi connectivity index (χ0) is 17.8. The minimum absolute atomic E-state index is 0.108. The molecule has 0 bridgehead atoms. The summed E-state index contributed by atoms with van der Waals surface area (Å²) in [5.41, 5.74) is -1.73. The van der Waals surface area contributed by atoms with Gasteiger partial charge in [0.05, 0.1) is 32.8 Å². The Morgan fingerprint density at radius 3 is 2.42 bits per heavy atom. The molecule has 2 rings (SSSR count). The van der Waals surface area contributed by atoms with Crippen molar-refractivity contribution in [2.24, 2.45) is 4.99 Å². The van der Waals surface area contributed by atoms with Crippen molar-refractivity contribution in [2.45, 2.75) is 58.1 Å². The van der Waals surface area contributed by atoms with Gasteiger partial charge in [-0.05, 0) is 26.7 Å². The molecule has 0 aromatic carbocycles. The summed E-state index contributed by atoms with van der Waals surface area (Å²) in [6, 6.07) is 0. The summed E-state index contributed by atoms with van der Waals surface area (Å²) in [7, 11) is 0. The molecule has 1 fully saturated rings. The molecule has 0 N–H and O–H groups in total. The third-order valence-electron chi connectivity index (χ3n) is 4.76. The third-order valence-corrected chi connectivity index (χ3v) is 4.76. The van der Waals surface area contributed by atoms with Gasteiger partial charge in [0.15, 0.2) is 5.54 Å². The third kappa shape index (κ3) is 3.27. The molecule has 0 amide bonds. The number of nitrogens with zero attached hydrogens (tertiary/aromatic N) is 2. The first kappa shape index (κ1) is 18.7. The molecule has 0 radical (unpaired) electrons. The van der Waals surface area contributed by atoms with Gasteiger partial charge in [0.2, 0.25) is 0 Å². The maximum atomic E-state index is 12.6. The first-order valence-corrected chi connectivity index (χ1v) is 8.79. The van der Waals surface area contributed by atoms with E-state index in [4.69, 9.17) is 19.2 Å². The van der Waals surface area contributed by atoms with Crippen LogP contribution in [0.1, 0.15) is 47.0 Å². The first-order chi connectivity index (χ1) is 11.5. The Labute approximate surface area is 143 Å². The van der Waals surface area contributed by atoms with Crippen LogP contribution in [-0.4, -0.2) is 66.7 Å². The second-order valence-corrected chi connectivity index (χ2v) is 6.14. The number of hydrogen-bond donors (Lipinski definition) is 0. The van der Waals surface area contributed by atoms with E-state index in [1.165, 1.54) is 0 Å². The maximum Gasteiger partial charge on any atom is 0.336 e. The molecule has 0 aromatic rings. The average molecular weight is 340 g/mol. The molecule has 1 unspecified atom stereocenters. The number of esters is 2. The number of morpholine rings is 1. The lowest BCUT2D eigenvalue weighted by Gasteiger charge is -2.41. The highest BCUT2D eigenvalue weighted by molar-refractivity contribution is 5.99. The summed E-state index contributed by atoms with van der Waals surface area (Å²) in [4.78, 5) is 31.5. The summed E-state index contributed by atoms with van der Waals surface area (Å²) in [6.07, 6.45) is 1.41. The molecule has 1 atom stereocenters. The number of carbonyl (C=O) groups is 2. The van der Waals surface area contributed by atoms with E-state index < -0.39 is 23.1 Å². The number of carbonyl (C=O) groups excluding carboxylic acids is 2. The molecule has 0 spiro atoms. The van der Waals surface area contributed by atoms with Crippen molar-refractivity contribution in [1.29, 1.82) is 0 Å². The fourth-order valence-electron chi connectivity index (χ4n) is 3.45. The van der Waals surface area contributed by atoms with Crippen molar-refractivity contribution in [3.05, 3.63) is 0 Å². The smallest absolute Gasteiger partial charge is 0.336 e. The van der Waals surface area contributed by atoms with E-state index in [1.54, 1.807) is 13.8 Å². The summed E-state index contributed by atoms with van der Waals surface area (Å²) >= 11 is 0. The van der Waals surface area contributed by atoms with E-state index in [2.05, 4.69) is 4.90 Å². The van der Waals surface area contributed by atoms with Crippen LogP contribution < -0.4 is 0 Å². The number of hydrogen-bond acceptors (Lipinski definition) is 7. The van der Waals surface area contributed by atoms with Crippen LogP contribution in [0.4, 0.5) is 0 Å². The van der Waals surface area contributed by atoms with Gasteiger partial charge < -0.3 is 19.1 Å². The molecule has 0 aromatic heterocycles. The Hall–Kier alpha value is -1.63. The van der Waals surface area contributed by atoms with E-state index in [9.17, 15) is 9.59 Å². The summed E-state index contributed by atoms with van der Waals surface area (Å²) in [5.74, 6) is -0.147. The van der Waals surface area contributed by atoms with Gasteiger partial charge in [0, 0.05) is 6.54 Å². The highest BCUT2D eigenvalue weighted by Gasteiger charge is 2.54. The number of rotatable bonds is 7. The van der Waals surface area contributed by atoms with E-state index in [1.807, 2.05) is 13.8 Å². The molecule has 7 heteroatoms. The van der Waals surface area contributed by atoms with Gasteiger partial charge in [0.25, 0.3) is 0 Å². The van der Waals surface area contributed by atoms with Crippen LogP contribution in [0.3, 0.4) is 0 Å². The number of ether oxygens (including phenoxy) is 3. The van der Waals surface area contributed by atoms with E-state index in [-0.39, 0.29) is 19.6 Å². The van der Waals surface area contributed by atoms with Crippen molar-refractivity contribution in [1.82, 2.24) is 4.90 Å². The molecule has 0 aliphatic carbocycles. The number of amidine groups is 1. The van der Waals surface area contributed by atoms with Crippen LogP contribution in [0, 0.1) is 0 Å². The normalized spacial score (nSPS) is 25.0. The van der Waals surface area contributed by atoms with Crippen LogP contribution in [0.5, 0.6) is 0 Å². The second-order valence-electron chi connectivity index (χ2n) is 6.14. The molecule has 2 heterocycles. The minimum atomic E-state index is -1.24. The fraction of sp³-hybridized carbons (Fsp3) is 0.824. The van der Waals surface area contributed by atoms with Crippen LogP contribution >= 0.6 is 0 Å². The van der Waals surface area contributed by atoms with Crippen molar-refractivity contribution < 1.29 is 23.8 Å². The Morgan fingerprint density at radius 1 is 1.17 bits per heavy atom. The predicted molar refractivity (Wildman–Crippen MR) is 88.9 cm³/mol. The summed E-state index contributed by atoms with van der Waals surface area (Å²) in [5, 5.41) is 0. The first-order valence-electron chi connectivity index (χ1n) is 8.79. The van der Waals surface area contributed by atoms with Crippen LogP contribution in [0.25, 0.3) is 0 Å². The van der Waals surface area contributed by atoms with Gasteiger partial charge in [-0.1, -0.05) is 13.8 Å². The van der Waals surface area contributed by atoms with E-state index in [0.29, 0.717) is 19.7 Å². The number of fused-ring (bicyclic) bond motifs is 1. The number of aliphatic imine (C=N–C) groups is 1. The van der Waals surface area contributed by atoms with Crippen LogP contribution in [0.2, 0.25) is 0 Å². The van der Waals surface area contributed by atoms with Gasteiger partial charge >= 0.3 is 11.9 Å². The lowest BCUT2D eigenvalue weighted by molar-refractivity contribution is -0.156. The molecule has 1 saturated heterocycles.